The van der Waals surface area contributed by atoms with E-state index in [4.69, 9.17) is 0 Å². The topological polar surface area (TPSA) is 53.2 Å². The summed E-state index contributed by atoms with van der Waals surface area (Å²) in [6.07, 6.45) is 1.13. The normalized spacial score (nSPS) is 18.1. The second-order valence-electron chi connectivity index (χ2n) is 5.22. The molecular formula is C16H19N3O. The third-order valence-corrected chi connectivity index (χ3v) is 3.75. The van der Waals surface area contributed by atoms with E-state index >= 15 is 0 Å². The zero-order chi connectivity index (χ0) is 13.8. The van der Waals surface area contributed by atoms with Crippen LogP contribution < -0.4 is 16.0 Å². The zero-order valence-corrected chi connectivity index (χ0v) is 11.4. The molecule has 20 heavy (non-hydrogen) atoms. The second kappa shape index (κ2) is 5.92. The molecule has 2 amide bonds. The van der Waals surface area contributed by atoms with Gasteiger partial charge < -0.3 is 16.0 Å². The number of carbonyl (C=O) groups is 1. The van der Waals surface area contributed by atoms with Gasteiger partial charge in [-0.15, -0.1) is 0 Å². The van der Waals surface area contributed by atoms with Gasteiger partial charge in [0.05, 0.1) is 5.69 Å². The van der Waals surface area contributed by atoms with Crippen molar-refractivity contribution in [2.75, 3.05) is 25.0 Å². The summed E-state index contributed by atoms with van der Waals surface area (Å²) in [5, 5.41) is 11.4. The molecule has 4 nitrogen and oxygen atoms in total. The molecule has 3 rings (SSSR count). The summed E-state index contributed by atoms with van der Waals surface area (Å²) >= 11 is 0. The lowest BCUT2D eigenvalue weighted by Crippen LogP contribution is -2.33. The standard InChI is InChI=1S/C16H19N3O/c20-16(18-11-12-8-9-17-10-12)19-15-7-3-5-13-4-1-2-6-14(13)15/h1-7,12,17H,8-11H2,(H2,18,19,20). The van der Waals surface area contributed by atoms with Crippen LogP contribution in [0.1, 0.15) is 6.42 Å². The number of hydrogen-bond donors (Lipinski definition) is 3. The van der Waals surface area contributed by atoms with Crippen molar-refractivity contribution in [3.63, 3.8) is 0 Å². The molecule has 2 aromatic carbocycles. The highest BCUT2D eigenvalue weighted by Crippen LogP contribution is 2.22. The van der Waals surface area contributed by atoms with Crippen molar-refractivity contribution in [1.82, 2.24) is 10.6 Å². The summed E-state index contributed by atoms with van der Waals surface area (Å²) in [5.74, 6) is 0.549. The quantitative estimate of drug-likeness (QED) is 0.802. The van der Waals surface area contributed by atoms with E-state index < -0.39 is 0 Å². The maximum Gasteiger partial charge on any atom is 0.319 e. The number of anilines is 1. The minimum Gasteiger partial charge on any atom is -0.338 e. The number of nitrogens with one attached hydrogen (secondary N) is 3. The fourth-order valence-corrected chi connectivity index (χ4v) is 2.63. The van der Waals surface area contributed by atoms with Crippen molar-refractivity contribution < 1.29 is 4.79 Å². The number of rotatable bonds is 3. The van der Waals surface area contributed by atoms with Gasteiger partial charge in [-0.05, 0) is 36.9 Å². The van der Waals surface area contributed by atoms with Gasteiger partial charge in [-0.3, -0.25) is 0 Å². The first-order chi connectivity index (χ1) is 9.83. The molecule has 104 valence electrons. The minimum absolute atomic E-state index is 0.131. The van der Waals surface area contributed by atoms with E-state index in [0.29, 0.717) is 5.92 Å². The molecule has 1 aliphatic heterocycles. The van der Waals surface area contributed by atoms with Crippen molar-refractivity contribution in [3.05, 3.63) is 42.5 Å². The highest BCUT2D eigenvalue weighted by molar-refractivity contribution is 6.01. The van der Waals surface area contributed by atoms with E-state index in [-0.39, 0.29) is 6.03 Å². The van der Waals surface area contributed by atoms with Crippen molar-refractivity contribution in [3.8, 4) is 0 Å². The SMILES string of the molecule is O=C(NCC1CCNC1)Nc1cccc2ccccc12. The first kappa shape index (κ1) is 12.9. The summed E-state index contributed by atoms with van der Waals surface area (Å²) < 4.78 is 0. The van der Waals surface area contributed by atoms with Crippen LogP contribution in [0.3, 0.4) is 0 Å². The zero-order valence-electron chi connectivity index (χ0n) is 11.4. The van der Waals surface area contributed by atoms with E-state index in [2.05, 4.69) is 16.0 Å². The molecule has 1 atom stereocenters. The average molecular weight is 269 g/mol. The highest BCUT2D eigenvalue weighted by Gasteiger charge is 2.15. The van der Waals surface area contributed by atoms with Gasteiger partial charge >= 0.3 is 6.03 Å². The Bertz CT molecular complexity index is 600. The van der Waals surface area contributed by atoms with Gasteiger partial charge in [-0.1, -0.05) is 36.4 Å². The smallest absolute Gasteiger partial charge is 0.319 e. The van der Waals surface area contributed by atoms with E-state index in [1.54, 1.807) is 0 Å². The van der Waals surface area contributed by atoms with Gasteiger partial charge in [-0.25, -0.2) is 4.79 Å². The Kier molecular flexibility index (Phi) is 3.83. The van der Waals surface area contributed by atoms with E-state index in [1.165, 1.54) is 0 Å². The Morgan fingerprint density at radius 1 is 1.20 bits per heavy atom. The first-order valence-electron chi connectivity index (χ1n) is 7.06. The summed E-state index contributed by atoms with van der Waals surface area (Å²) in [7, 11) is 0. The van der Waals surface area contributed by atoms with Crippen LogP contribution in [0.4, 0.5) is 10.5 Å². The monoisotopic (exact) mass is 269 g/mol. The number of benzene rings is 2. The molecule has 0 radical (unpaired) electrons. The molecule has 0 saturated carbocycles. The maximum absolute atomic E-state index is 12.0. The molecule has 0 bridgehead atoms. The van der Waals surface area contributed by atoms with Gasteiger partial charge in [0.15, 0.2) is 0 Å². The van der Waals surface area contributed by atoms with Crippen LogP contribution in [0.5, 0.6) is 0 Å². The molecule has 0 aromatic heterocycles. The highest BCUT2D eigenvalue weighted by atomic mass is 16.2. The van der Waals surface area contributed by atoms with Gasteiger partial charge in [0.2, 0.25) is 0 Å². The summed E-state index contributed by atoms with van der Waals surface area (Å²) in [6.45, 7) is 2.77. The molecule has 1 aliphatic rings. The molecule has 4 heteroatoms. The Labute approximate surface area is 118 Å². The number of carbonyl (C=O) groups excluding carboxylic acids is 1. The van der Waals surface area contributed by atoms with Gasteiger partial charge in [0.25, 0.3) is 0 Å². The fourth-order valence-electron chi connectivity index (χ4n) is 2.63. The van der Waals surface area contributed by atoms with Crippen LogP contribution in [-0.4, -0.2) is 25.7 Å². The van der Waals surface area contributed by atoms with Crippen molar-refractivity contribution in [2.24, 2.45) is 5.92 Å². The van der Waals surface area contributed by atoms with Crippen molar-refractivity contribution in [1.29, 1.82) is 0 Å². The van der Waals surface area contributed by atoms with Gasteiger partial charge in [0.1, 0.15) is 0 Å². The predicted molar refractivity (Wildman–Crippen MR) is 81.9 cm³/mol. The van der Waals surface area contributed by atoms with Gasteiger partial charge in [0, 0.05) is 11.9 Å². The Morgan fingerprint density at radius 3 is 2.90 bits per heavy atom. The Hall–Kier alpha value is -2.07. The average Bonchev–Trinajstić information content (AvgIpc) is 2.99. The van der Waals surface area contributed by atoms with Crippen LogP contribution in [0, 0.1) is 5.92 Å². The Balaban J connectivity index is 1.65. The molecule has 1 saturated heterocycles. The lowest BCUT2D eigenvalue weighted by molar-refractivity contribution is 0.250. The van der Waals surface area contributed by atoms with Crippen LogP contribution in [0.15, 0.2) is 42.5 Å². The van der Waals surface area contributed by atoms with E-state index in [9.17, 15) is 4.79 Å². The molecule has 0 aliphatic carbocycles. The predicted octanol–water partition coefficient (Wildman–Crippen LogP) is 2.57. The molecule has 0 spiro atoms. The number of fused-ring (bicyclic) bond motifs is 1. The number of urea groups is 1. The third kappa shape index (κ3) is 2.91. The van der Waals surface area contributed by atoms with Crippen LogP contribution in [0.2, 0.25) is 0 Å². The molecule has 3 N–H and O–H groups in total. The second-order valence-corrected chi connectivity index (χ2v) is 5.22. The van der Waals surface area contributed by atoms with Crippen LogP contribution in [0.25, 0.3) is 10.8 Å². The Morgan fingerprint density at radius 2 is 2.05 bits per heavy atom. The largest absolute Gasteiger partial charge is 0.338 e. The van der Waals surface area contributed by atoms with Gasteiger partial charge in [-0.2, -0.15) is 0 Å². The summed E-state index contributed by atoms with van der Waals surface area (Å²) in [5.41, 5.74) is 0.852. The number of hydrogen-bond acceptors (Lipinski definition) is 2. The van der Waals surface area contributed by atoms with Crippen molar-refractivity contribution in [2.45, 2.75) is 6.42 Å². The minimum atomic E-state index is -0.131. The maximum atomic E-state index is 12.0. The van der Waals surface area contributed by atoms with E-state index in [0.717, 1.165) is 42.5 Å². The molecule has 1 heterocycles. The number of amides is 2. The van der Waals surface area contributed by atoms with Crippen LogP contribution in [-0.2, 0) is 0 Å². The summed E-state index contributed by atoms with van der Waals surface area (Å²) in [6, 6.07) is 13.8. The lowest BCUT2D eigenvalue weighted by atomic mass is 10.1. The molecular weight excluding hydrogens is 250 g/mol. The molecule has 1 fully saturated rings. The molecule has 2 aromatic rings. The lowest BCUT2D eigenvalue weighted by Gasteiger charge is -2.12. The van der Waals surface area contributed by atoms with E-state index in [1.807, 2.05) is 42.5 Å². The first-order valence-corrected chi connectivity index (χ1v) is 7.06. The fraction of sp³-hybridized carbons (Fsp3) is 0.312. The van der Waals surface area contributed by atoms with Crippen LogP contribution >= 0.6 is 0 Å². The third-order valence-electron chi connectivity index (χ3n) is 3.75. The van der Waals surface area contributed by atoms with Crippen molar-refractivity contribution >= 4 is 22.5 Å². The molecule has 1 unspecified atom stereocenters. The summed E-state index contributed by atoms with van der Waals surface area (Å²) in [4.78, 5) is 12.0.